The zero-order chi connectivity index (χ0) is 13.2. The third kappa shape index (κ3) is 2.64. The Balaban J connectivity index is 1.88. The molecule has 1 heterocycles. The van der Waals surface area contributed by atoms with Crippen molar-refractivity contribution in [2.75, 3.05) is 7.05 Å². The van der Waals surface area contributed by atoms with Gasteiger partial charge in [0.1, 0.15) is 0 Å². The van der Waals surface area contributed by atoms with Crippen molar-refractivity contribution in [3.63, 3.8) is 0 Å². The molecule has 0 amide bonds. The average molecular weight is 275 g/mol. The number of nitrogens with one attached hydrogen (secondary N) is 1. The molecular formula is C13H17N5S. The highest BCUT2D eigenvalue weighted by Gasteiger charge is 2.28. The molecule has 1 aromatic carbocycles. The Bertz CT molecular complexity index is 564. The molecule has 2 aromatic rings. The normalized spacial score (nSPS) is 16.5. The van der Waals surface area contributed by atoms with E-state index in [4.69, 9.17) is 0 Å². The van der Waals surface area contributed by atoms with Gasteiger partial charge >= 0.3 is 0 Å². The number of aromatic nitrogens is 4. The van der Waals surface area contributed by atoms with Crippen LogP contribution >= 0.6 is 11.8 Å². The fourth-order valence-electron chi connectivity index (χ4n) is 1.99. The van der Waals surface area contributed by atoms with Gasteiger partial charge < -0.3 is 5.32 Å². The first-order valence-electron chi connectivity index (χ1n) is 6.51. The van der Waals surface area contributed by atoms with Crippen LogP contribution in [0.1, 0.15) is 37.4 Å². The van der Waals surface area contributed by atoms with E-state index in [0.29, 0.717) is 12.1 Å². The number of hydrogen-bond acceptors (Lipinski definition) is 5. The van der Waals surface area contributed by atoms with Crippen LogP contribution in [0.15, 0.2) is 34.3 Å². The van der Waals surface area contributed by atoms with Crippen LogP contribution in [0.25, 0.3) is 0 Å². The zero-order valence-corrected chi connectivity index (χ0v) is 11.9. The Morgan fingerprint density at radius 1 is 1.37 bits per heavy atom. The van der Waals surface area contributed by atoms with Crippen LogP contribution in [-0.2, 0) is 0 Å². The molecule has 1 saturated carbocycles. The maximum absolute atomic E-state index is 4.14. The topological polar surface area (TPSA) is 55.6 Å². The molecule has 0 aliphatic heterocycles. The minimum atomic E-state index is 0.314. The second-order valence-corrected chi connectivity index (χ2v) is 5.80. The van der Waals surface area contributed by atoms with E-state index >= 15 is 0 Å². The van der Waals surface area contributed by atoms with E-state index in [9.17, 15) is 0 Å². The lowest BCUT2D eigenvalue weighted by Gasteiger charge is -2.14. The summed E-state index contributed by atoms with van der Waals surface area (Å²) in [6.07, 6.45) is 2.38. The van der Waals surface area contributed by atoms with Crippen molar-refractivity contribution in [1.82, 2.24) is 25.5 Å². The average Bonchev–Trinajstić information content (AvgIpc) is 3.19. The largest absolute Gasteiger partial charge is 0.313 e. The monoisotopic (exact) mass is 275 g/mol. The van der Waals surface area contributed by atoms with Gasteiger partial charge in [0.25, 0.3) is 0 Å². The van der Waals surface area contributed by atoms with Gasteiger partial charge in [-0.15, -0.1) is 5.10 Å². The van der Waals surface area contributed by atoms with Crippen molar-refractivity contribution in [3.8, 4) is 0 Å². The van der Waals surface area contributed by atoms with Crippen molar-refractivity contribution in [3.05, 3.63) is 29.8 Å². The highest BCUT2D eigenvalue weighted by atomic mass is 32.2. The molecule has 0 spiro atoms. The molecular weight excluding hydrogens is 258 g/mol. The second-order valence-electron chi connectivity index (χ2n) is 4.79. The number of tetrazole rings is 1. The van der Waals surface area contributed by atoms with Crippen LogP contribution in [0.3, 0.4) is 0 Å². The Hall–Kier alpha value is -1.40. The van der Waals surface area contributed by atoms with Crippen LogP contribution in [-0.4, -0.2) is 27.3 Å². The maximum Gasteiger partial charge on any atom is 0.214 e. The summed E-state index contributed by atoms with van der Waals surface area (Å²) in [7, 11) is 1.97. The lowest BCUT2D eigenvalue weighted by molar-refractivity contribution is 0.565. The third-order valence-electron chi connectivity index (χ3n) is 3.38. The Morgan fingerprint density at radius 2 is 2.16 bits per heavy atom. The van der Waals surface area contributed by atoms with Gasteiger partial charge in [0.15, 0.2) is 0 Å². The molecule has 0 radical (unpaired) electrons. The minimum Gasteiger partial charge on any atom is -0.313 e. The van der Waals surface area contributed by atoms with Crippen molar-refractivity contribution in [1.29, 1.82) is 0 Å². The van der Waals surface area contributed by atoms with Crippen molar-refractivity contribution in [2.24, 2.45) is 0 Å². The van der Waals surface area contributed by atoms with Crippen molar-refractivity contribution < 1.29 is 0 Å². The molecule has 0 bridgehead atoms. The summed E-state index contributed by atoms with van der Waals surface area (Å²) in [5.74, 6) is 0. The van der Waals surface area contributed by atoms with Crippen LogP contribution in [0.5, 0.6) is 0 Å². The van der Waals surface area contributed by atoms with Crippen LogP contribution in [0, 0.1) is 0 Å². The van der Waals surface area contributed by atoms with E-state index in [0.717, 1.165) is 5.16 Å². The molecule has 1 N–H and O–H groups in total. The lowest BCUT2D eigenvalue weighted by atomic mass is 10.1. The van der Waals surface area contributed by atoms with Crippen LogP contribution in [0.4, 0.5) is 0 Å². The van der Waals surface area contributed by atoms with E-state index in [-0.39, 0.29) is 0 Å². The van der Waals surface area contributed by atoms with Gasteiger partial charge in [-0.2, -0.15) is 0 Å². The summed E-state index contributed by atoms with van der Waals surface area (Å²) in [5, 5.41) is 16.2. The van der Waals surface area contributed by atoms with Gasteiger partial charge in [0.05, 0.1) is 6.04 Å². The first-order valence-corrected chi connectivity index (χ1v) is 7.33. The minimum absolute atomic E-state index is 0.314. The fourth-order valence-corrected chi connectivity index (χ4v) is 3.05. The zero-order valence-electron chi connectivity index (χ0n) is 11.1. The predicted octanol–water partition coefficient (Wildman–Crippen LogP) is 2.44. The van der Waals surface area contributed by atoms with Crippen LogP contribution < -0.4 is 5.32 Å². The van der Waals surface area contributed by atoms with Gasteiger partial charge in [0, 0.05) is 10.9 Å². The van der Waals surface area contributed by atoms with Crippen molar-refractivity contribution >= 4 is 11.8 Å². The summed E-state index contributed by atoms with van der Waals surface area (Å²) >= 11 is 1.65. The molecule has 19 heavy (non-hydrogen) atoms. The molecule has 1 atom stereocenters. The molecule has 3 rings (SSSR count). The number of nitrogens with zero attached hydrogens (tertiary/aromatic N) is 4. The Morgan fingerprint density at radius 3 is 2.89 bits per heavy atom. The van der Waals surface area contributed by atoms with Gasteiger partial charge in [-0.25, -0.2) is 4.68 Å². The predicted molar refractivity (Wildman–Crippen MR) is 74.1 cm³/mol. The fraction of sp³-hybridized carbons (Fsp3) is 0.462. The summed E-state index contributed by atoms with van der Waals surface area (Å²) in [6, 6.07) is 9.21. The molecule has 1 aliphatic rings. The molecule has 1 aliphatic carbocycles. The van der Waals surface area contributed by atoms with E-state index in [1.807, 2.05) is 11.7 Å². The summed E-state index contributed by atoms with van der Waals surface area (Å²) < 4.78 is 1.95. The number of hydrogen-bond donors (Lipinski definition) is 1. The first-order chi connectivity index (χ1) is 9.29. The molecule has 6 heteroatoms. The van der Waals surface area contributed by atoms with E-state index in [1.54, 1.807) is 11.8 Å². The standard InChI is InChI=1S/C13H17N5S/c1-9(14-2)11-5-3-4-6-12(11)19-13-15-16-17-18(13)10-7-8-10/h3-6,9-10,14H,7-8H2,1-2H3. The second kappa shape index (κ2) is 5.30. The van der Waals surface area contributed by atoms with E-state index in [2.05, 4.69) is 52.0 Å². The highest BCUT2D eigenvalue weighted by Crippen LogP contribution is 2.39. The summed E-state index contributed by atoms with van der Waals surface area (Å²) in [5.41, 5.74) is 1.28. The van der Waals surface area contributed by atoms with Gasteiger partial charge in [-0.1, -0.05) is 18.2 Å². The molecule has 0 saturated heterocycles. The highest BCUT2D eigenvalue weighted by molar-refractivity contribution is 7.99. The smallest absolute Gasteiger partial charge is 0.214 e. The van der Waals surface area contributed by atoms with Crippen molar-refractivity contribution in [2.45, 2.75) is 41.9 Å². The molecule has 5 nitrogen and oxygen atoms in total. The summed E-state index contributed by atoms with van der Waals surface area (Å²) in [6.45, 7) is 2.16. The molecule has 1 aromatic heterocycles. The van der Waals surface area contributed by atoms with E-state index in [1.165, 1.54) is 23.3 Å². The van der Waals surface area contributed by atoms with Gasteiger partial charge in [0.2, 0.25) is 5.16 Å². The Labute approximate surface area is 116 Å². The quantitative estimate of drug-likeness (QED) is 0.908. The lowest BCUT2D eigenvalue weighted by Crippen LogP contribution is -2.13. The molecule has 1 fully saturated rings. The summed E-state index contributed by atoms with van der Waals surface area (Å²) in [4.78, 5) is 1.21. The molecule has 100 valence electrons. The van der Waals surface area contributed by atoms with Gasteiger partial charge in [-0.05, 0) is 60.6 Å². The maximum atomic E-state index is 4.14. The SMILES string of the molecule is CNC(C)c1ccccc1Sc1nnnn1C1CC1. The third-order valence-corrected chi connectivity index (χ3v) is 4.42. The Kier molecular flexibility index (Phi) is 3.52. The first kappa shape index (κ1) is 12.6. The van der Waals surface area contributed by atoms with Crippen LogP contribution in [0.2, 0.25) is 0 Å². The number of rotatable bonds is 5. The number of benzene rings is 1. The molecule has 1 unspecified atom stereocenters. The van der Waals surface area contributed by atoms with E-state index < -0.39 is 0 Å². The van der Waals surface area contributed by atoms with Gasteiger partial charge in [-0.3, -0.25) is 0 Å².